The lowest BCUT2D eigenvalue weighted by Crippen LogP contribution is -2.25. The van der Waals surface area contributed by atoms with Gasteiger partial charge in [-0.15, -0.1) is 0 Å². The van der Waals surface area contributed by atoms with E-state index in [4.69, 9.17) is 0 Å². The van der Waals surface area contributed by atoms with E-state index in [1.807, 2.05) is 13.1 Å². The number of aromatic amines is 2. The molecule has 0 spiro atoms. The van der Waals surface area contributed by atoms with Gasteiger partial charge in [0.15, 0.2) is 0 Å². The summed E-state index contributed by atoms with van der Waals surface area (Å²) in [5.74, 6) is 0.628. The van der Waals surface area contributed by atoms with Crippen LogP contribution in [-0.2, 0) is 0 Å². The first-order chi connectivity index (χ1) is 9.69. The van der Waals surface area contributed by atoms with E-state index in [0.29, 0.717) is 12.0 Å². The van der Waals surface area contributed by atoms with Gasteiger partial charge in [-0.3, -0.25) is 0 Å². The summed E-state index contributed by atoms with van der Waals surface area (Å²) in [5.41, 5.74) is 2.86. The molecule has 2 aromatic rings. The van der Waals surface area contributed by atoms with Crippen LogP contribution in [0.25, 0.3) is 11.0 Å². The summed E-state index contributed by atoms with van der Waals surface area (Å²) < 4.78 is 0. The van der Waals surface area contributed by atoms with Gasteiger partial charge in [-0.2, -0.15) is 0 Å². The second-order valence-corrected chi connectivity index (χ2v) is 5.46. The summed E-state index contributed by atoms with van der Waals surface area (Å²) in [6.45, 7) is 4.49. The quantitative estimate of drug-likeness (QED) is 0.726. The Labute approximate surface area is 120 Å². The van der Waals surface area contributed by atoms with E-state index in [9.17, 15) is 4.79 Å². The van der Waals surface area contributed by atoms with E-state index in [-0.39, 0.29) is 5.69 Å². The molecule has 20 heavy (non-hydrogen) atoms. The van der Waals surface area contributed by atoms with Gasteiger partial charge in [0, 0.05) is 6.04 Å². The van der Waals surface area contributed by atoms with E-state index in [1.54, 1.807) is 0 Å². The molecule has 0 saturated carbocycles. The number of unbranched alkanes of at least 4 members (excludes halogenated alkanes) is 1. The molecule has 2 rings (SSSR count). The molecule has 0 amide bonds. The molecule has 4 nitrogen and oxygen atoms in total. The third kappa shape index (κ3) is 3.12. The van der Waals surface area contributed by atoms with Gasteiger partial charge in [-0.1, -0.05) is 39.2 Å². The first-order valence-electron chi connectivity index (χ1n) is 7.58. The van der Waals surface area contributed by atoms with Crippen molar-refractivity contribution in [2.75, 3.05) is 7.05 Å². The molecule has 2 atom stereocenters. The van der Waals surface area contributed by atoms with Crippen LogP contribution in [0.5, 0.6) is 0 Å². The van der Waals surface area contributed by atoms with Crippen LogP contribution in [0.1, 0.15) is 51.1 Å². The number of H-pyrrole nitrogens is 2. The summed E-state index contributed by atoms with van der Waals surface area (Å²) in [6.07, 6.45) is 4.89. The first kappa shape index (κ1) is 14.9. The molecule has 2 unspecified atom stereocenters. The fourth-order valence-electron chi connectivity index (χ4n) is 2.99. The Kier molecular flexibility index (Phi) is 5.01. The molecule has 0 aliphatic rings. The largest absolute Gasteiger partial charge is 0.323 e. The van der Waals surface area contributed by atoms with Crippen molar-refractivity contribution in [3.63, 3.8) is 0 Å². The Morgan fingerprint density at radius 1 is 1.20 bits per heavy atom. The zero-order valence-corrected chi connectivity index (χ0v) is 12.6. The topological polar surface area (TPSA) is 60.7 Å². The molecular weight excluding hydrogens is 250 g/mol. The van der Waals surface area contributed by atoms with Crippen molar-refractivity contribution in [1.29, 1.82) is 0 Å². The molecule has 110 valence electrons. The van der Waals surface area contributed by atoms with E-state index >= 15 is 0 Å². The molecule has 3 N–H and O–H groups in total. The SMILES string of the molecule is CCCCC(CC)C(NC)c1ccc2[nH]c(=O)[nH]c2c1. The normalized spacial score (nSPS) is 14.6. The van der Waals surface area contributed by atoms with Crippen molar-refractivity contribution in [3.05, 3.63) is 34.2 Å². The highest BCUT2D eigenvalue weighted by Crippen LogP contribution is 2.29. The predicted octanol–water partition coefficient (Wildman–Crippen LogP) is 3.33. The van der Waals surface area contributed by atoms with Crippen molar-refractivity contribution in [3.8, 4) is 0 Å². The second kappa shape index (κ2) is 6.75. The average molecular weight is 275 g/mol. The molecule has 0 bridgehead atoms. The van der Waals surface area contributed by atoms with E-state index in [0.717, 1.165) is 17.5 Å². The fourth-order valence-corrected chi connectivity index (χ4v) is 2.99. The van der Waals surface area contributed by atoms with Gasteiger partial charge in [0.25, 0.3) is 0 Å². The molecule has 0 radical (unpaired) electrons. The average Bonchev–Trinajstić information content (AvgIpc) is 2.82. The number of rotatable bonds is 7. The molecule has 0 fully saturated rings. The van der Waals surface area contributed by atoms with Gasteiger partial charge < -0.3 is 15.3 Å². The minimum absolute atomic E-state index is 0.142. The van der Waals surface area contributed by atoms with Gasteiger partial charge in [-0.05, 0) is 37.1 Å². The Bertz CT molecular complexity index is 599. The summed E-state index contributed by atoms with van der Waals surface area (Å²) in [7, 11) is 2.02. The van der Waals surface area contributed by atoms with Crippen LogP contribution >= 0.6 is 0 Å². The Hall–Kier alpha value is -1.55. The molecule has 0 aliphatic heterocycles. The van der Waals surface area contributed by atoms with Crippen molar-refractivity contribution >= 4 is 11.0 Å². The lowest BCUT2D eigenvalue weighted by Gasteiger charge is -2.26. The molecule has 0 aliphatic carbocycles. The first-order valence-corrected chi connectivity index (χ1v) is 7.58. The van der Waals surface area contributed by atoms with Gasteiger partial charge >= 0.3 is 5.69 Å². The van der Waals surface area contributed by atoms with E-state index < -0.39 is 0 Å². The Morgan fingerprint density at radius 2 is 1.95 bits per heavy atom. The highest BCUT2D eigenvalue weighted by Gasteiger charge is 2.20. The van der Waals surface area contributed by atoms with Gasteiger partial charge in [0.05, 0.1) is 11.0 Å². The van der Waals surface area contributed by atoms with Crippen molar-refractivity contribution in [2.45, 2.75) is 45.6 Å². The molecular formula is C16H25N3O. The predicted molar refractivity (Wildman–Crippen MR) is 84.0 cm³/mol. The molecule has 1 aromatic carbocycles. The highest BCUT2D eigenvalue weighted by molar-refractivity contribution is 5.75. The standard InChI is InChI=1S/C16H25N3O/c1-4-6-7-11(5-2)15(17-3)12-8-9-13-14(10-12)19-16(20)18-13/h8-11,15,17H,4-7H2,1-3H3,(H2,18,19,20). The second-order valence-electron chi connectivity index (χ2n) is 5.46. The summed E-state index contributed by atoms with van der Waals surface area (Å²) >= 11 is 0. The number of benzene rings is 1. The number of fused-ring (bicyclic) bond motifs is 1. The van der Waals surface area contributed by atoms with Crippen LogP contribution in [0.15, 0.2) is 23.0 Å². The monoisotopic (exact) mass is 275 g/mol. The highest BCUT2D eigenvalue weighted by atomic mass is 16.1. The van der Waals surface area contributed by atoms with Crippen molar-refractivity contribution in [2.24, 2.45) is 5.92 Å². The number of hydrogen-bond acceptors (Lipinski definition) is 2. The van der Waals surface area contributed by atoms with Gasteiger partial charge in [0.1, 0.15) is 0 Å². The third-order valence-corrected chi connectivity index (χ3v) is 4.13. The molecule has 1 heterocycles. The van der Waals surface area contributed by atoms with Crippen LogP contribution in [-0.4, -0.2) is 17.0 Å². The maximum atomic E-state index is 11.3. The molecule has 0 saturated heterocycles. The smallest absolute Gasteiger partial charge is 0.313 e. The Morgan fingerprint density at radius 3 is 2.60 bits per heavy atom. The van der Waals surface area contributed by atoms with Crippen molar-refractivity contribution in [1.82, 2.24) is 15.3 Å². The van der Waals surface area contributed by atoms with Crippen LogP contribution in [0, 0.1) is 5.92 Å². The summed E-state index contributed by atoms with van der Waals surface area (Å²) in [4.78, 5) is 17.0. The lowest BCUT2D eigenvalue weighted by molar-refractivity contribution is 0.339. The van der Waals surface area contributed by atoms with Crippen LogP contribution < -0.4 is 11.0 Å². The number of hydrogen-bond donors (Lipinski definition) is 3. The van der Waals surface area contributed by atoms with Crippen LogP contribution in [0.4, 0.5) is 0 Å². The van der Waals surface area contributed by atoms with Gasteiger partial charge in [0.2, 0.25) is 0 Å². The number of nitrogens with one attached hydrogen (secondary N) is 3. The third-order valence-electron chi connectivity index (χ3n) is 4.13. The maximum absolute atomic E-state index is 11.3. The van der Waals surface area contributed by atoms with E-state index in [1.165, 1.54) is 24.8 Å². The van der Waals surface area contributed by atoms with Gasteiger partial charge in [-0.25, -0.2) is 4.79 Å². The zero-order valence-electron chi connectivity index (χ0n) is 12.6. The molecule has 1 aromatic heterocycles. The lowest BCUT2D eigenvalue weighted by atomic mass is 9.87. The summed E-state index contributed by atoms with van der Waals surface area (Å²) in [5, 5.41) is 3.45. The minimum Gasteiger partial charge on any atom is -0.313 e. The summed E-state index contributed by atoms with van der Waals surface area (Å²) in [6, 6.07) is 6.53. The Balaban J connectivity index is 2.29. The van der Waals surface area contributed by atoms with Crippen LogP contribution in [0.2, 0.25) is 0 Å². The minimum atomic E-state index is -0.142. The van der Waals surface area contributed by atoms with Crippen LogP contribution in [0.3, 0.4) is 0 Å². The van der Waals surface area contributed by atoms with E-state index in [2.05, 4.69) is 41.3 Å². The maximum Gasteiger partial charge on any atom is 0.323 e. The zero-order chi connectivity index (χ0) is 14.5. The fraction of sp³-hybridized carbons (Fsp3) is 0.562. The molecule has 4 heteroatoms. The number of imidazole rings is 1. The number of aromatic nitrogens is 2. The van der Waals surface area contributed by atoms with Crippen molar-refractivity contribution < 1.29 is 0 Å².